The highest BCUT2D eigenvalue weighted by atomic mass is 79.9. The van der Waals surface area contributed by atoms with Gasteiger partial charge in [0.25, 0.3) is 0 Å². The lowest BCUT2D eigenvalue weighted by atomic mass is 10.1. The van der Waals surface area contributed by atoms with Crippen LogP contribution in [0.4, 0.5) is 0 Å². The van der Waals surface area contributed by atoms with E-state index in [-0.39, 0.29) is 5.78 Å². The van der Waals surface area contributed by atoms with Gasteiger partial charge >= 0.3 is 0 Å². The van der Waals surface area contributed by atoms with Crippen LogP contribution in [0.5, 0.6) is 0 Å². The molecule has 0 aliphatic heterocycles. The van der Waals surface area contributed by atoms with Crippen molar-refractivity contribution in [2.45, 2.75) is 39.2 Å². The number of hydrogen-bond donors (Lipinski definition) is 0. The minimum Gasteiger partial charge on any atom is -0.293 e. The van der Waals surface area contributed by atoms with Crippen LogP contribution in [0, 0.1) is 5.92 Å². The summed E-state index contributed by atoms with van der Waals surface area (Å²) in [4.78, 5) is 14.7. The van der Waals surface area contributed by atoms with E-state index in [0.717, 1.165) is 26.1 Å². The van der Waals surface area contributed by atoms with Crippen molar-refractivity contribution in [1.29, 1.82) is 0 Å². The molecular formula is C14H19Br2NOS. The SMILES string of the molecule is CC(C)CCN(CC(=O)c1cc(Br)sc1Br)C1CC1. The molecule has 19 heavy (non-hydrogen) atoms. The maximum absolute atomic E-state index is 12.4. The van der Waals surface area contributed by atoms with Gasteiger partial charge in [0.2, 0.25) is 0 Å². The molecule has 1 aromatic rings. The van der Waals surface area contributed by atoms with E-state index in [1.54, 1.807) is 11.3 Å². The van der Waals surface area contributed by atoms with Crippen LogP contribution in [0.15, 0.2) is 13.6 Å². The summed E-state index contributed by atoms with van der Waals surface area (Å²) in [6, 6.07) is 2.56. The van der Waals surface area contributed by atoms with Gasteiger partial charge in [0.05, 0.1) is 14.1 Å². The van der Waals surface area contributed by atoms with Crippen molar-refractivity contribution >= 4 is 49.0 Å². The van der Waals surface area contributed by atoms with E-state index in [1.165, 1.54) is 12.8 Å². The van der Waals surface area contributed by atoms with Gasteiger partial charge in [-0.2, -0.15) is 0 Å². The first-order valence-corrected chi connectivity index (χ1v) is 9.09. The number of hydrogen-bond acceptors (Lipinski definition) is 3. The summed E-state index contributed by atoms with van der Waals surface area (Å²) in [6.45, 7) is 6.06. The number of Topliss-reactive ketones (excluding diaryl/α,β-unsaturated/α-hetero) is 1. The number of thiophene rings is 1. The van der Waals surface area contributed by atoms with E-state index in [2.05, 4.69) is 50.6 Å². The molecule has 1 aromatic heterocycles. The van der Waals surface area contributed by atoms with E-state index < -0.39 is 0 Å². The van der Waals surface area contributed by atoms with Gasteiger partial charge in [-0.3, -0.25) is 9.69 Å². The summed E-state index contributed by atoms with van der Waals surface area (Å²) >= 11 is 8.46. The Bertz CT molecular complexity index is 454. The Hall–Kier alpha value is 0.290. The number of rotatable bonds is 7. The fourth-order valence-electron chi connectivity index (χ4n) is 2.05. The average Bonchev–Trinajstić information content (AvgIpc) is 3.10. The van der Waals surface area contributed by atoms with Gasteiger partial charge < -0.3 is 0 Å². The summed E-state index contributed by atoms with van der Waals surface area (Å²) in [5, 5.41) is 0. The van der Waals surface area contributed by atoms with Gasteiger partial charge in [-0.15, -0.1) is 11.3 Å². The Morgan fingerprint density at radius 1 is 1.47 bits per heavy atom. The molecule has 1 aliphatic carbocycles. The third-order valence-corrected chi connectivity index (χ3v) is 5.70. The zero-order valence-corrected chi connectivity index (χ0v) is 15.3. The summed E-state index contributed by atoms with van der Waals surface area (Å²) in [6.07, 6.45) is 3.66. The van der Waals surface area contributed by atoms with Crippen LogP contribution < -0.4 is 0 Å². The van der Waals surface area contributed by atoms with Crippen molar-refractivity contribution < 1.29 is 4.79 Å². The standard InChI is InChI=1S/C14H19Br2NOS/c1-9(2)5-6-17(10-3-4-10)8-12(18)11-7-13(15)19-14(11)16/h7,9-10H,3-6,8H2,1-2H3. The second-order valence-electron chi connectivity index (χ2n) is 5.55. The molecule has 1 fully saturated rings. The van der Waals surface area contributed by atoms with Crippen LogP contribution in [0.3, 0.4) is 0 Å². The van der Waals surface area contributed by atoms with Crippen LogP contribution >= 0.6 is 43.2 Å². The fraction of sp³-hybridized carbons (Fsp3) is 0.643. The lowest BCUT2D eigenvalue weighted by molar-refractivity contribution is 0.0920. The van der Waals surface area contributed by atoms with Gasteiger partial charge in [0, 0.05) is 11.6 Å². The Morgan fingerprint density at radius 2 is 2.16 bits per heavy atom. The summed E-state index contributed by atoms with van der Waals surface area (Å²) in [5.74, 6) is 0.919. The van der Waals surface area contributed by atoms with Crippen LogP contribution in [-0.2, 0) is 0 Å². The number of ketones is 1. The first-order valence-electron chi connectivity index (χ1n) is 6.69. The second kappa shape index (κ2) is 6.83. The van der Waals surface area contributed by atoms with E-state index in [1.807, 2.05) is 6.07 Å². The van der Waals surface area contributed by atoms with Crippen LogP contribution in [0.1, 0.15) is 43.5 Å². The van der Waals surface area contributed by atoms with Gasteiger partial charge in [-0.1, -0.05) is 13.8 Å². The van der Waals surface area contributed by atoms with Crippen molar-refractivity contribution in [3.05, 3.63) is 19.2 Å². The molecule has 0 atom stereocenters. The van der Waals surface area contributed by atoms with Crippen molar-refractivity contribution in [2.24, 2.45) is 5.92 Å². The van der Waals surface area contributed by atoms with Crippen molar-refractivity contribution in [1.82, 2.24) is 4.90 Å². The maximum Gasteiger partial charge on any atom is 0.178 e. The normalized spacial score (nSPS) is 15.5. The second-order valence-corrected chi connectivity index (χ2v) is 9.29. The smallest absolute Gasteiger partial charge is 0.178 e. The van der Waals surface area contributed by atoms with Gasteiger partial charge in [0.1, 0.15) is 0 Å². The van der Waals surface area contributed by atoms with Crippen molar-refractivity contribution in [3.8, 4) is 0 Å². The molecule has 106 valence electrons. The first kappa shape index (κ1) is 15.7. The molecule has 5 heteroatoms. The summed E-state index contributed by atoms with van der Waals surface area (Å²) in [5.41, 5.74) is 0.812. The number of carbonyl (C=O) groups is 1. The molecule has 0 unspecified atom stereocenters. The van der Waals surface area contributed by atoms with Gasteiger partial charge in [-0.05, 0) is 69.7 Å². The quantitative estimate of drug-likeness (QED) is 0.593. The van der Waals surface area contributed by atoms with Gasteiger partial charge in [0.15, 0.2) is 5.78 Å². The predicted octanol–water partition coefficient (Wildman–Crippen LogP) is 4.97. The number of nitrogens with zero attached hydrogens (tertiary/aromatic N) is 1. The molecule has 0 radical (unpaired) electrons. The molecule has 2 rings (SSSR count). The van der Waals surface area contributed by atoms with Gasteiger partial charge in [-0.25, -0.2) is 0 Å². The molecule has 0 spiro atoms. The van der Waals surface area contributed by atoms with E-state index in [4.69, 9.17) is 0 Å². The highest BCUT2D eigenvalue weighted by Crippen LogP contribution is 2.33. The molecule has 1 aliphatic rings. The molecule has 0 saturated heterocycles. The van der Waals surface area contributed by atoms with Crippen molar-refractivity contribution in [3.63, 3.8) is 0 Å². The lowest BCUT2D eigenvalue weighted by Gasteiger charge is -2.22. The van der Waals surface area contributed by atoms with Crippen LogP contribution in [0.25, 0.3) is 0 Å². The summed E-state index contributed by atoms with van der Waals surface area (Å²) < 4.78 is 1.94. The highest BCUT2D eigenvalue weighted by molar-refractivity contribution is 9.12. The maximum atomic E-state index is 12.4. The molecule has 0 aromatic carbocycles. The monoisotopic (exact) mass is 407 g/mol. The third kappa shape index (κ3) is 4.66. The molecule has 0 N–H and O–H groups in total. The molecule has 2 nitrogen and oxygen atoms in total. The van der Waals surface area contributed by atoms with Crippen molar-refractivity contribution in [2.75, 3.05) is 13.1 Å². The average molecular weight is 409 g/mol. The molecule has 1 heterocycles. The zero-order chi connectivity index (χ0) is 14.0. The molecule has 1 saturated carbocycles. The molecule has 0 bridgehead atoms. The fourth-order valence-corrected chi connectivity index (χ4v) is 4.91. The highest BCUT2D eigenvalue weighted by Gasteiger charge is 2.30. The Labute approximate surface area is 135 Å². The Morgan fingerprint density at radius 3 is 2.63 bits per heavy atom. The third-order valence-electron chi connectivity index (χ3n) is 3.36. The number of carbonyl (C=O) groups excluding carboxylic acids is 1. The summed E-state index contributed by atoms with van der Waals surface area (Å²) in [7, 11) is 0. The van der Waals surface area contributed by atoms with E-state index in [9.17, 15) is 4.79 Å². The predicted molar refractivity (Wildman–Crippen MR) is 88.1 cm³/mol. The van der Waals surface area contributed by atoms with E-state index >= 15 is 0 Å². The minimum absolute atomic E-state index is 0.226. The van der Waals surface area contributed by atoms with Crippen LogP contribution in [0.2, 0.25) is 0 Å². The Kier molecular flexibility index (Phi) is 5.64. The largest absolute Gasteiger partial charge is 0.293 e. The molecule has 0 amide bonds. The minimum atomic E-state index is 0.226. The zero-order valence-electron chi connectivity index (χ0n) is 11.3. The molecular weight excluding hydrogens is 390 g/mol. The number of halogens is 2. The topological polar surface area (TPSA) is 20.3 Å². The lowest BCUT2D eigenvalue weighted by Crippen LogP contribution is -2.33. The Balaban J connectivity index is 1.96. The van der Waals surface area contributed by atoms with E-state index in [0.29, 0.717) is 18.5 Å². The van der Waals surface area contributed by atoms with Crippen LogP contribution in [-0.4, -0.2) is 29.8 Å². The first-order chi connectivity index (χ1) is 8.97.